The molecule has 0 heterocycles. The fourth-order valence-corrected chi connectivity index (χ4v) is 2.86. The Bertz CT molecular complexity index is 671. The molecule has 2 aromatic rings. The number of nitrogens with two attached hydrogens (primary N) is 2. The molecule has 3 rings (SSSR count). The van der Waals surface area contributed by atoms with Crippen LogP contribution in [-0.2, 0) is 0 Å². The van der Waals surface area contributed by atoms with E-state index < -0.39 is 11.6 Å². The van der Waals surface area contributed by atoms with Gasteiger partial charge in [0.2, 0.25) is 0 Å². The minimum absolute atomic E-state index is 0.0777. The highest BCUT2D eigenvalue weighted by Crippen LogP contribution is 2.39. The summed E-state index contributed by atoms with van der Waals surface area (Å²) in [6.07, 6.45) is 0. The third kappa shape index (κ3) is 1.55. The number of fused-ring (bicyclic) bond motifs is 2. The molecule has 0 atom stereocenters. The molecule has 0 unspecified atom stereocenters. The third-order valence-electron chi connectivity index (χ3n) is 3.28. The van der Waals surface area contributed by atoms with Crippen LogP contribution in [0.3, 0.4) is 0 Å². The number of anilines is 2. The number of halogens is 2. The molecule has 0 aliphatic heterocycles. The molecular weight excluding hydrogens is 299 g/mol. The van der Waals surface area contributed by atoms with Crippen LogP contribution in [0.25, 0.3) is 0 Å². The van der Waals surface area contributed by atoms with E-state index in [1.165, 1.54) is 24.3 Å². The van der Waals surface area contributed by atoms with Crippen LogP contribution in [-0.4, -0.2) is 11.6 Å². The van der Waals surface area contributed by atoms with Crippen molar-refractivity contribution in [1.82, 2.24) is 0 Å². The summed E-state index contributed by atoms with van der Waals surface area (Å²) >= 11 is 12.1. The second kappa shape index (κ2) is 4.23. The first-order valence-corrected chi connectivity index (χ1v) is 6.44. The zero-order valence-electron chi connectivity index (χ0n) is 10.0. The minimum atomic E-state index is -0.438. The normalized spacial score (nSPS) is 13.1. The first-order valence-electron chi connectivity index (χ1n) is 5.68. The van der Waals surface area contributed by atoms with Crippen molar-refractivity contribution < 1.29 is 9.59 Å². The topological polar surface area (TPSA) is 86.2 Å². The predicted molar refractivity (Wildman–Crippen MR) is 78.6 cm³/mol. The molecule has 1 aliphatic rings. The van der Waals surface area contributed by atoms with Crippen molar-refractivity contribution in [3.63, 3.8) is 0 Å². The molecule has 0 spiro atoms. The Kier molecular flexibility index (Phi) is 2.74. The SMILES string of the molecule is Nc1ccc(N)c2c1C(=O)c1c(Cl)ccc(Cl)c1C2=O. The van der Waals surface area contributed by atoms with E-state index >= 15 is 0 Å². The lowest BCUT2D eigenvalue weighted by Gasteiger charge is -2.21. The van der Waals surface area contributed by atoms with Gasteiger partial charge in [-0.05, 0) is 24.3 Å². The van der Waals surface area contributed by atoms with Gasteiger partial charge in [0.05, 0.1) is 32.3 Å². The van der Waals surface area contributed by atoms with Crippen LogP contribution in [0.5, 0.6) is 0 Å². The van der Waals surface area contributed by atoms with Crippen molar-refractivity contribution in [2.45, 2.75) is 0 Å². The summed E-state index contributed by atoms with van der Waals surface area (Å²) in [6, 6.07) is 5.92. The number of hydrogen-bond donors (Lipinski definition) is 2. The Morgan fingerprint density at radius 2 is 1.00 bits per heavy atom. The van der Waals surface area contributed by atoms with Gasteiger partial charge >= 0.3 is 0 Å². The van der Waals surface area contributed by atoms with E-state index in [-0.39, 0.29) is 43.7 Å². The van der Waals surface area contributed by atoms with Crippen LogP contribution >= 0.6 is 23.2 Å². The van der Waals surface area contributed by atoms with E-state index in [4.69, 9.17) is 34.7 Å². The number of hydrogen-bond acceptors (Lipinski definition) is 4. The van der Waals surface area contributed by atoms with Crippen molar-refractivity contribution in [1.29, 1.82) is 0 Å². The molecule has 0 bridgehead atoms. The van der Waals surface area contributed by atoms with Gasteiger partial charge in [0.25, 0.3) is 0 Å². The average Bonchev–Trinajstić information content (AvgIpc) is 2.41. The van der Waals surface area contributed by atoms with Gasteiger partial charge in [-0.3, -0.25) is 9.59 Å². The van der Waals surface area contributed by atoms with Gasteiger partial charge in [0.15, 0.2) is 11.6 Å². The molecule has 4 nitrogen and oxygen atoms in total. The lowest BCUT2D eigenvalue weighted by atomic mass is 9.82. The highest BCUT2D eigenvalue weighted by Gasteiger charge is 2.36. The summed E-state index contributed by atoms with van der Waals surface area (Å²) < 4.78 is 0. The summed E-state index contributed by atoms with van der Waals surface area (Å²) in [4.78, 5) is 25.1. The maximum absolute atomic E-state index is 12.6. The van der Waals surface area contributed by atoms with Gasteiger partial charge in [0.1, 0.15) is 0 Å². The van der Waals surface area contributed by atoms with Gasteiger partial charge in [-0.15, -0.1) is 0 Å². The van der Waals surface area contributed by atoms with Gasteiger partial charge in [0, 0.05) is 11.4 Å². The highest BCUT2D eigenvalue weighted by atomic mass is 35.5. The van der Waals surface area contributed by atoms with Crippen LogP contribution in [0.1, 0.15) is 31.8 Å². The standard InChI is InChI=1S/C14H8Cl2N2O2/c15-5-1-2-6(16)10-9(5)13(19)11-7(17)3-4-8(18)12(11)14(10)20/h1-4H,17-18H2. The van der Waals surface area contributed by atoms with E-state index in [2.05, 4.69) is 0 Å². The van der Waals surface area contributed by atoms with Gasteiger partial charge < -0.3 is 11.5 Å². The van der Waals surface area contributed by atoms with Crippen LogP contribution in [0.2, 0.25) is 10.0 Å². The average molecular weight is 307 g/mol. The Morgan fingerprint density at radius 3 is 1.35 bits per heavy atom. The quantitative estimate of drug-likeness (QED) is 0.625. The van der Waals surface area contributed by atoms with E-state index in [9.17, 15) is 9.59 Å². The largest absolute Gasteiger partial charge is 0.398 e. The summed E-state index contributed by atoms with van der Waals surface area (Å²) in [6.45, 7) is 0. The van der Waals surface area contributed by atoms with Crippen LogP contribution in [0, 0.1) is 0 Å². The van der Waals surface area contributed by atoms with E-state index in [1.54, 1.807) is 0 Å². The lowest BCUT2D eigenvalue weighted by Crippen LogP contribution is -2.24. The summed E-state index contributed by atoms with van der Waals surface area (Å²) in [5, 5.41) is 0.324. The van der Waals surface area contributed by atoms with E-state index in [0.717, 1.165) is 0 Å². The van der Waals surface area contributed by atoms with Crippen LogP contribution < -0.4 is 11.5 Å². The van der Waals surface area contributed by atoms with Crippen molar-refractivity contribution in [3.05, 3.63) is 56.6 Å². The maximum atomic E-state index is 12.6. The van der Waals surface area contributed by atoms with E-state index in [0.29, 0.717) is 0 Å². The second-order valence-corrected chi connectivity index (χ2v) is 5.25. The molecule has 0 amide bonds. The number of benzene rings is 2. The number of carbonyl (C=O) groups excluding carboxylic acids is 2. The predicted octanol–water partition coefficient (Wildman–Crippen LogP) is 2.93. The highest BCUT2D eigenvalue weighted by molar-refractivity contribution is 6.44. The van der Waals surface area contributed by atoms with Crippen molar-refractivity contribution in [2.75, 3.05) is 11.5 Å². The number of rotatable bonds is 0. The molecule has 20 heavy (non-hydrogen) atoms. The van der Waals surface area contributed by atoms with Gasteiger partial charge in [-0.2, -0.15) is 0 Å². The Balaban J connectivity index is 2.46. The van der Waals surface area contributed by atoms with Gasteiger partial charge in [-0.1, -0.05) is 23.2 Å². The fraction of sp³-hybridized carbons (Fsp3) is 0. The van der Waals surface area contributed by atoms with Crippen molar-refractivity contribution >= 4 is 46.1 Å². The van der Waals surface area contributed by atoms with Crippen molar-refractivity contribution in [3.8, 4) is 0 Å². The molecule has 1 aliphatic carbocycles. The molecular formula is C14H8Cl2N2O2. The van der Waals surface area contributed by atoms with Gasteiger partial charge in [-0.25, -0.2) is 0 Å². The summed E-state index contributed by atoms with van der Waals surface area (Å²) in [5.74, 6) is -0.876. The zero-order valence-corrected chi connectivity index (χ0v) is 11.5. The molecule has 0 fully saturated rings. The minimum Gasteiger partial charge on any atom is -0.398 e. The molecule has 0 radical (unpaired) electrons. The zero-order chi connectivity index (χ0) is 14.6. The second-order valence-electron chi connectivity index (χ2n) is 4.43. The van der Waals surface area contributed by atoms with Crippen LogP contribution in [0.4, 0.5) is 11.4 Å². The monoisotopic (exact) mass is 306 g/mol. The molecule has 6 heteroatoms. The lowest BCUT2D eigenvalue weighted by molar-refractivity contribution is 0.0980. The number of nitrogen functional groups attached to an aromatic ring is 2. The summed E-state index contributed by atoms with van der Waals surface area (Å²) in [7, 11) is 0. The molecule has 2 aromatic carbocycles. The summed E-state index contributed by atoms with van der Waals surface area (Å²) in [5.41, 5.74) is 12.3. The first-order chi connectivity index (χ1) is 9.43. The third-order valence-corrected chi connectivity index (χ3v) is 3.91. The fourth-order valence-electron chi connectivity index (χ4n) is 2.37. The number of carbonyl (C=O) groups is 2. The maximum Gasteiger partial charge on any atom is 0.198 e. The van der Waals surface area contributed by atoms with Crippen LogP contribution in [0.15, 0.2) is 24.3 Å². The first kappa shape index (κ1) is 13.0. The molecule has 4 N–H and O–H groups in total. The van der Waals surface area contributed by atoms with E-state index in [1.807, 2.05) is 0 Å². The Labute approximate surface area is 124 Å². The Hall–Kier alpha value is -2.04. The van der Waals surface area contributed by atoms with Crippen molar-refractivity contribution in [2.24, 2.45) is 0 Å². The smallest absolute Gasteiger partial charge is 0.198 e. The number of ketones is 2. The molecule has 0 aromatic heterocycles. The molecule has 100 valence electrons. The molecule has 0 saturated carbocycles. The molecule has 0 saturated heterocycles. The Morgan fingerprint density at radius 1 is 0.650 bits per heavy atom.